The molecule has 2 aliphatic heterocycles. The summed E-state index contributed by atoms with van der Waals surface area (Å²) in [5.74, 6) is 0.908. The fourth-order valence-electron chi connectivity index (χ4n) is 3.57. The van der Waals surface area contributed by atoms with E-state index in [0.29, 0.717) is 29.8 Å². The first-order valence-corrected chi connectivity index (χ1v) is 9.63. The Morgan fingerprint density at radius 3 is 2.75 bits per heavy atom. The lowest BCUT2D eigenvalue weighted by atomic mass is 9.98. The summed E-state index contributed by atoms with van der Waals surface area (Å²) in [5.41, 5.74) is 0. The highest BCUT2D eigenvalue weighted by molar-refractivity contribution is 6.30. The summed E-state index contributed by atoms with van der Waals surface area (Å²) < 4.78 is 0. The first kappa shape index (κ1) is 24.9. The molecule has 28 heavy (non-hydrogen) atoms. The molecule has 0 aliphatic carbocycles. The number of hydrogen-bond acceptors (Lipinski definition) is 5. The van der Waals surface area contributed by atoms with Gasteiger partial charge in [0.2, 0.25) is 11.8 Å². The molecule has 2 fully saturated rings. The average Bonchev–Trinajstić information content (AvgIpc) is 3.17. The van der Waals surface area contributed by atoms with Gasteiger partial charge in [0.05, 0.1) is 17.6 Å². The number of aromatic nitrogens is 1. The molecule has 7 nitrogen and oxygen atoms in total. The van der Waals surface area contributed by atoms with Crippen molar-refractivity contribution in [2.45, 2.75) is 31.7 Å². The summed E-state index contributed by atoms with van der Waals surface area (Å²) in [5, 5.41) is 9.61. The summed E-state index contributed by atoms with van der Waals surface area (Å²) >= 11 is 5.80. The molecule has 0 saturated carbocycles. The standard InChI is InChI=1S/C18H26ClN5O2.2ClH/c19-14-5-6-16(21-10-14)23-17(25)12-24-8-2-3-13(11-24)9-22-18(26)15-4-1-7-20-15;;/h5-6,10,13,15,20H,1-4,7-9,11-12H2,(H,22,26)(H,21,23,25);2*1H. The van der Waals surface area contributed by atoms with Crippen LogP contribution in [0.15, 0.2) is 18.3 Å². The van der Waals surface area contributed by atoms with Gasteiger partial charge in [0.25, 0.3) is 0 Å². The number of hydrogen-bond donors (Lipinski definition) is 3. The van der Waals surface area contributed by atoms with E-state index in [2.05, 4.69) is 25.8 Å². The quantitative estimate of drug-likeness (QED) is 0.615. The number of amides is 2. The number of likely N-dealkylation sites (tertiary alicyclic amines) is 1. The van der Waals surface area contributed by atoms with Crippen molar-refractivity contribution in [3.05, 3.63) is 23.4 Å². The van der Waals surface area contributed by atoms with Crippen LogP contribution in [0.3, 0.4) is 0 Å². The van der Waals surface area contributed by atoms with Crippen molar-refractivity contribution in [2.75, 3.05) is 38.0 Å². The van der Waals surface area contributed by atoms with Crippen molar-refractivity contribution in [2.24, 2.45) is 5.92 Å². The van der Waals surface area contributed by atoms with Crippen molar-refractivity contribution in [1.29, 1.82) is 0 Å². The third-order valence-electron chi connectivity index (χ3n) is 4.91. The fraction of sp³-hybridized carbons (Fsp3) is 0.611. The van der Waals surface area contributed by atoms with E-state index in [1.54, 1.807) is 12.1 Å². The monoisotopic (exact) mass is 451 g/mol. The summed E-state index contributed by atoms with van der Waals surface area (Å²) in [7, 11) is 0. The molecule has 0 radical (unpaired) electrons. The molecule has 3 rings (SSSR count). The SMILES string of the molecule is Cl.Cl.O=C(CN1CCCC(CNC(=O)C2CCCN2)C1)Nc1ccc(Cl)cn1. The number of anilines is 1. The van der Waals surface area contributed by atoms with Crippen LogP contribution in [-0.2, 0) is 9.59 Å². The maximum atomic E-state index is 12.2. The summed E-state index contributed by atoms with van der Waals surface area (Å²) in [6.45, 7) is 3.65. The highest BCUT2D eigenvalue weighted by Gasteiger charge is 2.25. The summed E-state index contributed by atoms with van der Waals surface area (Å²) in [4.78, 5) is 30.5. The van der Waals surface area contributed by atoms with Crippen molar-refractivity contribution in [1.82, 2.24) is 20.5 Å². The second kappa shape index (κ2) is 12.4. The van der Waals surface area contributed by atoms with Crippen molar-refractivity contribution in [3.63, 3.8) is 0 Å². The molecule has 0 bridgehead atoms. The van der Waals surface area contributed by atoms with Crippen molar-refractivity contribution in [3.8, 4) is 0 Å². The lowest BCUT2D eigenvalue weighted by Crippen LogP contribution is -2.46. The molecule has 3 heterocycles. The number of nitrogens with zero attached hydrogens (tertiary/aromatic N) is 2. The van der Waals surface area contributed by atoms with Crippen LogP contribution in [0.2, 0.25) is 5.02 Å². The van der Waals surface area contributed by atoms with Gasteiger partial charge >= 0.3 is 0 Å². The van der Waals surface area contributed by atoms with Crippen LogP contribution in [0, 0.1) is 5.92 Å². The van der Waals surface area contributed by atoms with Crippen LogP contribution >= 0.6 is 36.4 Å². The van der Waals surface area contributed by atoms with Gasteiger partial charge in [-0.05, 0) is 56.8 Å². The second-order valence-electron chi connectivity index (χ2n) is 7.05. The predicted molar refractivity (Wildman–Crippen MR) is 116 cm³/mol. The molecular formula is C18H28Cl3N5O2. The Morgan fingerprint density at radius 1 is 1.25 bits per heavy atom. The molecule has 2 atom stereocenters. The first-order valence-electron chi connectivity index (χ1n) is 9.25. The molecular weight excluding hydrogens is 425 g/mol. The Hall–Kier alpha value is -1.12. The van der Waals surface area contributed by atoms with Crippen LogP contribution in [0.4, 0.5) is 5.82 Å². The minimum atomic E-state index is -0.0836. The van der Waals surface area contributed by atoms with Gasteiger partial charge in [-0.15, -0.1) is 24.8 Å². The first-order chi connectivity index (χ1) is 12.6. The van der Waals surface area contributed by atoms with Crippen LogP contribution < -0.4 is 16.0 Å². The zero-order chi connectivity index (χ0) is 18.4. The molecule has 0 spiro atoms. The van der Waals surface area contributed by atoms with Crippen molar-refractivity contribution >= 4 is 54.0 Å². The molecule has 158 valence electrons. The van der Waals surface area contributed by atoms with E-state index in [0.717, 1.165) is 45.3 Å². The topological polar surface area (TPSA) is 86.4 Å². The smallest absolute Gasteiger partial charge is 0.239 e. The Morgan fingerprint density at radius 2 is 2.07 bits per heavy atom. The van der Waals surface area contributed by atoms with Crippen LogP contribution in [0.25, 0.3) is 0 Å². The maximum Gasteiger partial charge on any atom is 0.239 e. The Kier molecular flexibility index (Phi) is 11.1. The number of pyridine rings is 1. The van der Waals surface area contributed by atoms with Crippen LogP contribution in [-0.4, -0.2) is 60.5 Å². The van der Waals surface area contributed by atoms with E-state index in [9.17, 15) is 9.59 Å². The van der Waals surface area contributed by atoms with Gasteiger partial charge < -0.3 is 16.0 Å². The lowest BCUT2D eigenvalue weighted by Gasteiger charge is -2.32. The average molecular weight is 453 g/mol. The van der Waals surface area contributed by atoms with Gasteiger partial charge in [0.15, 0.2) is 0 Å². The second-order valence-corrected chi connectivity index (χ2v) is 7.48. The van der Waals surface area contributed by atoms with Gasteiger partial charge in [-0.3, -0.25) is 14.5 Å². The number of halogens is 3. The molecule has 2 unspecified atom stereocenters. The largest absolute Gasteiger partial charge is 0.354 e. The van der Waals surface area contributed by atoms with E-state index in [4.69, 9.17) is 11.6 Å². The van der Waals surface area contributed by atoms with Gasteiger partial charge in [0.1, 0.15) is 5.82 Å². The minimum absolute atomic E-state index is 0. The molecule has 2 amide bonds. The number of carbonyl (C=O) groups excluding carboxylic acids is 2. The zero-order valence-electron chi connectivity index (χ0n) is 15.7. The molecule has 10 heteroatoms. The van der Waals surface area contributed by atoms with E-state index in [1.165, 1.54) is 6.20 Å². The van der Waals surface area contributed by atoms with Gasteiger partial charge in [0, 0.05) is 19.3 Å². The van der Waals surface area contributed by atoms with Gasteiger partial charge in [-0.25, -0.2) is 4.98 Å². The Bertz CT molecular complexity index is 626. The number of carbonyl (C=O) groups is 2. The van der Waals surface area contributed by atoms with E-state index in [1.807, 2.05) is 0 Å². The highest BCUT2D eigenvalue weighted by atomic mass is 35.5. The zero-order valence-corrected chi connectivity index (χ0v) is 18.0. The molecule has 2 saturated heterocycles. The van der Waals surface area contributed by atoms with Crippen molar-refractivity contribution < 1.29 is 9.59 Å². The number of nitrogens with one attached hydrogen (secondary N) is 3. The molecule has 1 aromatic rings. The van der Waals surface area contributed by atoms with E-state index >= 15 is 0 Å². The summed E-state index contributed by atoms with van der Waals surface area (Å²) in [6, 6.07) is 3.35. The minimum Gasteiger partial charge on any atom is -0.354 e. The number of piperidine rings is 1. The molecule has 2 aliphatic rings. The number of rotatable bonds is 6. The Labute approximate surface area is 183 Å². The molecule has 1 aromatic heterocycles. The predicted octanol–water partition coefficient (Wildman–Crippen LogP) is 2.10. The highest BCUT2D eigenvalue weighted by Crippen LogP contribution is 2.16. The van der Waals surface area contributed by atoms with Gasteiger partial charge in [-0.2, -0.15) is 0 Å². The summed E-state index contributed by atoms with van der Waals surface area (Å²) in [6.07, 6.45) is 5.61. The van der Waals surface area contributed by atoms with E-state index < -0.39 is 0 Å². The van der Waals surface area contributed by atoms with Crippen LogP contribution in [0.5, 0.6) is 0 Å². The van der Waals surface area contributed by atoms with Gasteiger partial charge in [-0.1, -0.05) is 11.6 Å². The third kappa shape index (κ3) is 7.72. The fourth-order valence-corrected chi connectivity index (χ4v) is 3.68. The molecule has 3 N–H and O–H groups in total. The lowest BCUT2D eigenvalue weighted by molar-refractivity contribution is -0.123. The molecule has 0 aromatic carbocycles. The third-order valence-corrected chi connectivity index (χ3v) is 5.13. The Balaban J connectivity index is 0.00000196. The van der Waals surface area contributed by atoms with Crippen LogP contribution in [0.1, 0.15) is 25.7 Å². The maximum absolute atomic E-state index is 12.2. The van der Waals surface area contributed by atoms with E-state index in [-0.39, 0.29) is 42.7 Å². The normalized spacial score (nSPS) is 21.9.